The van der Waals surface area contributed by atoms with Gasteiger partial charge in [-0.3, -0.25) is 4.98 Å². The predicted octanol–water partition coefficient (Wildman–Crippen LogP) is 3.06. The fraction of sp³-hybridized carbons (Fsp3) is 0.200. The number of hydrogen-bond donors (Lipinski definition) is 1. The summed E-state index contributed by atoms with van der Waals surface area (Å²) in [6, 6.07) is 12.2. The summed E-state index contributed by atoms with van der Waals surface area (Å²) >= 11 is 0. The van der Waals surface area contributed by atoms with Crippen LogP contribution in [0.4, 0.5) is 5.69 Å². The van der Waals surface area contributed by atoms with E-state index in [9.17, 15) is 0 Å². The second-order valence-corrected chi connectivity index (χ2v) is 4.35. The van der Waals surface area contributed by atoms with Crippen molar-refractivity contribution in [2.24, 2.45) is 0 Å². The Bertz CT molecular complexity index is 673. The number of aryl methyl sites for hydroxylation is 1. The molecule has 0 radical (unpaired) electrons. The number of benzene rings is 1. The first-order valence-electron chi connectivity index (χ1n) is 6.46. The number of aromatic nitrogens is 3. The fourth-order valence-electron chi connectivity index (χ4n) is 2.26. The maximum Gasteiger partial charge on any atom is 0.129 e. The van der Waals surface area contributed by atoms with E-state index in [0.29, 0.717) is 6.54 Å². The first-order valence-corrected chi connectivity index (χ1v) is 6.46. The van der Waals surface area contributed by atoms with E-state index in [2.05, 4.69) is 45.0 Å². The number of hydrogen-bond acceptors (Lipinski definition) is 3. The number of nitrogens with one attached hydrogen (secondary N) is 1. The van der Waals surface area contributed by atoms with Gasteiger partial charge in [-0.05, 0) is 31.2 Å². The number of nitrogens with zero attached hydrogens (tertiary/aromatic N) is 3. The molecule has 1 N–H and O–H groups in total. The molecular formula is C15H16N4. The zero-order valence-electron chi connectivity index (χ0n) is 10.9. The topological polar surface area (TPSA) is 42.7 Å². The lowest BCUT2D eigenvalue weighted by Gasteiger charge is -2.08. The average Bonchev–Trinajstić information content (AvgIpc) is 2.83. The minimum Gasteiger partial charge on any atom is -0.378 e. The Labute approximate surface area is 112 Å². The van der Waals surface area contributed by atoms with E-state index in [0.717, 1.165) is 23.6 Å². The summed E-state index contributed by atoms with van der Waals surface area (Å²) in [5.74, 6) is 1.06. The van der Waals surface area contributed by atoms with Crippen LogP contribution in [0.15, 0.2) is 48.8 Å². The van der Waals surface area contributed by atoms with Gasteiger partial charge in [0.05, 0.1) is 17.6 Å². The average molecular weight is 252 g/mol. The summed E-state index contributed by atoms with van der Waals surface area (Å²) in [6.07, 6.45) is 3.57. The van der Waals surface area contributed by atoms with Crippen LogP contribution in [0.2, 0.25) is 0 Å². The van der Waals surface area contributed by atoms with Gasteiger partial charge in [-0.1, -0.05) is 12.1 Å². The zero-order chi connectivity index (χ0) is 13.1. The third-order valence-corrected chi connectivity index (χ3v) is 3.18. The summed E-state index contributed by atoms with van der Waals surface area (Å²) in [4.78, 5) is 8.69. The molecule has 0 amide bonds. The van der Waals surface area contributed by atoms with Crippen molar-refractivity contribution < 1.29 is 0 Å². The van der Waals surface area contributed by atoms with E-state index in [1.807, 2.05) is 18.2 Å². The van der Waals surface area contributed by atoms with Crippen LogP contribution in [-0.2, 0) is 13.1 Å². The van der Waals surface area contributed by atoms with E-state index >= 15 is 0 Å². The second kappa shape index (κ2) is 5.10. The Balaban J connectivity index is 1.88. The molecule has 0 fully saturated rings. The van der Waals surface area contributed by atoms with E-state index in [1.54, 1.807) is 12.4 Å². The molecule has 0 atom stereocenters. The third kappa shape index (κ3) is 2.29. The van der Waals surface area contributed by atoms with Gasteiger partial charge in [-0.25, -0.2) is 4.98 Å². The van der Waals surface area contributed by atoms with Crippen molar-refractivity contribution in [3.05, 3.63) is 54.6 Å². The highest BCUT2D eigenvalue weighted by Gasteiger charge is 2.08. The SMILES string of the molecule is CCn1c(CNc2ccncc2)nc2ccccc21. The standard InChI is InChI=1S/C15H16N4/c1-2-19-14-6-4-3-5-13(14)18-15(19)11-17-12-7-9-16-10-8-12/h3-10H,2,11H2,1H3,(H,16,17). The van der Waals surface area contributed by atoms with Gasteiger partial charge < -0.3 is 9.88 Å². The summed E-state index contributed by atoms with van der Waals surface area (Å²) in [6.45, 7) is 3.78. The minimum atomic E-state index is 0.715. The fourth-order valence-corrected chi connectivity index (χ4v) is 2.26. The molecule has 2 aromatic heterocycles. The Hall–Kier alpha value is -2.36. The number of anilines is 1. The molecule has 4 nitrogen and oxygen atoms in total. The molecule has 0 aliphatic rings. The molecular weight excluding hydrogens is 236 g/mol. The Morgan fingerprint density at radius 1 is 1.11 bits per heavy atom. The quantitative estimate of drug-likeness (QED) is 0.776. The summed E-state index contributed by atoms with van der Waals surface area (Å²) < 4.78 is 2.24. The van der Waals surface area contributed by atoms with Crippen LogP contribution in [0, 0.1) is 0 Å². The molecule has 4 heteroatoms. The third-order valence-electron chi connectivity index (χ3n) is 3.18. The van der Waals surface area contributed by atoms with Crippen LogP contribution in [0.5, 0.6) is 0 Å². The van der Waals surface area contributed by atoms with E-state index in [-0.39, 0.29) is 0 Å². The normalized spacial score (nSPS) is 10.8. The van der Waals surface area contributed by atoms with Gasteiger partial charge in [0.15, 0.2) is 0 Å². The Kier molecular flexibility index (Phi) is 3.14. The molecule has 0 aliphatic carbocycles. The number of para-hydroxylation sites is 2. The lowest BCUT2D eigenvalue weighted by Crippen LogP contribution is -2.07. The van der Waals surface area contributed by atoms with E-state index < -0.39 is 0 Å². The lowest BCUT2D eigenvalue weighted by atomic mass is 10.3. The smallest absolute Gasteiger partial charge is 0.129 e. The van der Waals surface area contributed by atoms with Crippen molar-refractivity contribution in [2.45, 2.75) is 20.0 Å². The zero-order valence-corrected chi connectivity index (χ0v) is 10.9. The van der Waals surface area contributed by atoms with Crippen molar-refractivity contribution in [3.63, 3.8) is 0 Å². The first kappa shape index (κ1) is 11.7. The van der Waals surface area contributed by atoms with Gasteiger partial charge in [-0.2, -0.15) is 0 Å². The number of rotatable bonds is 4. The monoisotopic (exact) mass is 252 g/mol. The molecule has 0 saturated carbocycles. The van der Waals surface area contributed by atoms with Gasteiger partial charge in [0.2, 0.25) is 0 Å². The minimum absolute atomic E-state index is 0.715. The molecule has 96 valence electrons. The molecule has 0 unspecified atom stereocenters. The number of pyridine rings is 1. The highest BCUT2D eigenvalue weighted by atomic mass is 15.1. The molecule has 0 spiro atoms. The molecule has 0 aliphatic heterocycles. The molecule has 19 heavy (non-hydrogen) atoms. The van der Waals surface area contributed by atoms with Crippen molar-refractivity contribution in [1.82, 2.24) is 14.5 Å². The van der Waals surface area contributed by atoms with Gasteiger partial charge in [-0.15, -0.1) is 0 Å². The second-order valence-electron chi connectivity index (χ2n) is 4.35. The highest BCUT2D eigenvalue weighted by molar-refractivity contribution is 5.75. The van der Waals surface area contributed by atoms with Crippen LogP contribution in [0.25, 0.3) is 11.0 Å². The van der Waals surface area contributed by atoms with Crippen LogP contribution < -0.4 is 5.32 Å². The van der Waals surface area contributed by atoms with Crippen molar-refractivity contribution in [1.29, 1.82) is 0 Å². The highest BCUT2D eigenvalue weighted by Crippen LogP contribution is 2.16. The van der Waals surface area contributed by atoms with Crippen molar-refractivity contribution in [2.75, 3.05) is 5.32 Å². The first-order chi connectivity index (χ1) is 9.38. The molecule has 1 aromatic carbocycles. The number of imidazole rings is 1. The number of fused-ring (bicyclic) bond motifs is 1. The molecule has 3 aromatic rings. The largest absolute Gasteiger partial charge is 0.378 e. The van der Waals surface area contributed by atoms with Gasteiger partial charge in [0.1, 0.15) is 5.82 Å². The Morgan fingerprint density at radius 2 is 1.89 bits per heavy atom. The van der Waals surface area contributed by atoms with Crippen molar-refractivity contribution >= 4 is 16.7 Å². The van der Waals surface area contributed by atoms with Crippen LogP contribution in [0.1, 0.15) is 12.7 Å². The maximum absolute atomic E-state index is 4.68. The van der Waals surface area contributed by atoms with E-state index in [1.165, 1.54) is 5.52 Å². The summed E-state index contributed by atoms with van der Waals surface area (Å²) in [5.41, 5.74) is 3.30. The van der Waals surface area contributed by atoms with Crippen LogP contribution in [-0.4, -0.2) is 14.5 Å². The maximum atomic E-state index is 4.68. The van der Waals surface area contributed by atoms with Crippen LogP contribution in [0.3, 0.4) is 0 Å². The molecule has 0 bridgehead atoms. The van der Waals surface area contributed by atoms with Gasteiger partial charge in [0, 0.05) is 24.6 Å². The summed E-state index contributed by atoms with van der Waals surface area (Å²) in [5, 5.41) is 3.37. The van der Waals surface area contributed by atoms with Crippen LogP contribution >= 0.6 is 0 Å². The van der Waals surface area contributed by atoms with Gasteiger partial charge in [0.25, 0.3) is 0 Å². The molecule has 3 rings (SSSR count). The lowest BCUT2D eigenvalue weighted by molar-refractivity contribution is 0.729. The summed E-state index contributed by atoms with van der Waals surface area (Å²) in [7, 11) is 0. The predicted molar refractivity (Wildman–Crippen MR) is 77.0 cm³/mol. The molecule has 2 heterocycles. The van der Waals surface area contributed by atoms with Gasteiger partial charge >= 0.3 is 0 Å². The Morgan fingerprint density at radius 3 is 2.68 bits per heavy atom. The van der Waals surface area contributed by atoms with Crippen molar-refractivity contribution in [3.8, 4) is 0 Å². The molecule has 0 saturated heterocycles. The van der Waals surface area contributed by atoms with E-state index in [4.69, 9.17) is 0 Å².